The van der Waals surface area contributed by atoms with Crippen molar-refractivity contribution in [3.63, 3.8) is 0 Å². The predicted molar refractivity (Wildman–Crippen MR) is 68.0 cm³/mol. The van der Waals surface area contributed by atoms with E-state index in [-0.39, 0.29) is 11.4 Å². The van der Waals surface area contributed by atoms with Crippen LogP contribution in [0.1, 0.15) is 33.2 Å². The molecule has 1 unspecified atom stereocenters. The fourth-order valence-corrected chi connectivity index (χ4v) is 2.24. The SMILES string of the molecule is CC(C)(C)NC(=O)CN1CCC(n2ccnn2)C1. The molecule has 0 radical (unpaired) electrons. The Hall–Kier alpha value is -1.43. The molecule has 100 valence electrons. The van der Waals surface area contributed by atoms with Crippen molar-refractivity contribution < 1.29 is 4.79 Å². The van der Waals surface area contributed by atoms with Crippen LogP contribution in [-0.2, 0) is 4.79 Å². The molecule has 0 bridgehead atoms. The molecule has 18 heavy (non-hydrogen) atoms. The van der Waals surface area contributed by atoms with Crippen molar-refractivity contribution in [1.82, 2.24) is 25.2 Å². The van der Waals surface area contributed by atoms with Crippen LogP contribution >= 0.6 is 0 Å². The van der Waals surface area contributed by atoms with Gasteiger partial charge in [-0.1, -0.05) is 5.21 Å². The van der Waals surface area contributed by atoms with Gasteiger partial charge in [-0.25, -0.2) is 4.68 Å². The molecule has 1 aliphatic heterocycles. The molecule has 1 aliphatic rings. The van der Waals surface area contributed by atoms with Crippen LogP contribution in [0.25, 0.3) is 0 Å². The molecule has 1 atom stereocenters. The average Bonchev–Trinajstić information content (AvgIpc) is 2.82. The third kappa shape index (κ3) is 3.53. The summed E-state index contributed by atoms with van der Waals surface area (Å²) in [6.07, 6.45) is 4.59. The molecular formula is C12H21N5O. The molecular weight excluding hydrogens is 230 g/mol. The Bertz CT molecular complexity index is 395. The summed E-state index contributed by atoms with van der Waals surface area (Å²) in [4.78, 5) is 14.0. The highest BCUT2D eigenvalue weighted by Crippen LogP contribution is 2.19. The second kappa shape index (κ2) is 5.06. The van der Waals surface area contributed by atoms with E-state index in [1.807, 2.05) is 31.6 Å². The molecule has 0 spiro atoms. The van der Waals surface area contributed by atoms with E-state index in [4.69, 9.17) is 0 Å². The Labute approximate surface area is 107 Å². The van der Waals surface area contributed by atoms with Gasteiger partial charge in [-0.05, 0) is 27.2 Å². The molecule has 2 rings (SSSR count). The van der Waals surface area contributed by atoms with Crippen molar-refractivity contribution in [2.45, 2.75) is 38.8 Å². The van der Waals surface area contributed by atoms with Crippen LogP contribution in [0.15, 0.2) is 12.4 Å². The molecule has 0 aromatic carbocycles. The van der Waals surface area contributed by atoms with Crippen molar-refractivity contribution in [3.05, 3.63) is 12.4 Å². The molecule has 1 aromatic rings. The topological polar surface area (TPSA) is 63.1 Å². The van der Waals surface area contributed by atoms with Crippen LogP contribution in [0.3, 0.4) is 0 Å². The highest BCUT2D eigenvalue weighted by atomic mass is 16.2. The van der Waals surface area contributed by atoms with Crippen LogP contribution in [0, 0.1) is 0 Å². The number of hydrogen-bond donors (Lipinski definition) is 1. The van der Waals surface area contributed by atoms with Gasteiger partial charge in [0.1, 0.15) is 0 Å². The van der Waals surface area contributed by atoms with E-state index in [1.54, 1.807) is 6.20 Å². The maximum Gasteiger partial charge on any atom is 0.234 e. The lowest BCUT2D eigenvalue weighted by Crippen LogP contribution is -2.45. The number of nitrogens with one attached hydrogen (secondary N) is 1. The van der Waals surface area contributed by atoms with Gasteiger partial charge in [0.2, 0.25) is 5.91 Å². The summed E-state index contributed by atoms with van der Waals surface area (Å²) < 4.78 is 1.88. The summed E-state index contributed by atoms with van der Waals surface area (Å²) in [6, 6.07) is 0.343. The maximum atomic E-state index is 11.8. The Morgan fingerprint density at radius 3 is 2.89 bits per heavy atom. The zero-order valence-electron chi connectivity index (χ0n) is 11.3. The average molecular weight is 251 g/mol. The van der Waals surface area contributed by atoms with Crippen LogP contribution in [0.2, 0.25) is 0 Å². The van der Waals surface area contributed by atoms with E-state index in [0.29, 0.717) is 12.6 Å². The summed E-state index contributed by atoms with van der Waals surface area (Å²) in [5.74, 6) is 0.0849. The molecule has 1 saturated heterocycles. The fraction of sp³-hybridized carbons (Fsp3) is 0.750. The predicted octanol–water partition coefficient (Wildman–Crippen LogP) is 0.440. The summed E-state index contributed by atoms with van der Waals surface area (Å²) in [6.45, 7) is 8.23. The highest BCUT2D eigenvalue weighted by molar-refractivity contribution is 5.78. The minimum Gasteiger partial charge on any atom is -0.350 e. The summed E-state index contributed by atoms with van der Waals surface area (Å²) >= 11 is 0. The van der Waals surface area contributed by atoms with E-state index in [0.717, 1.165) is 19.5 Å². The maximum absolute atomic E-state index is 11.8. The Morgan fingerprint density at radius 1 is 1.50 bits per heavy atom. The zero-order valence-corrected chi connectivity index (χ0v) is 11.3. The van der Waals surface area contributed by atoms with Gasteiger partial charge in [0.05, 0.1) is 18.8 Å². The lowest BCUT2D eigenvalue weighted by atomic mass is 10.1. The molecule has 1 aromatic heterocycles. The van der Waals surface area contributed by atoms with Gasteiger partial charge >= 0.3 is 0 Å². The number of hydrogen-bond acceptors (Lipinski definition) is 4. The largest absolute Gasteiger partial charge is 0.350 e. The lowest BCUT2D eigenvalue weighted by molar-refractivity contribution is -0.123. The fourth-order valence-electron chi connectivity index (χ4n) is 2.24. The van der Waals surface area contributed by atoms with E-state index in [1.165, 1.54) is 0 Å². The van der Waals surface area contributed by atoms with Crippen molar-refractivity contribution in [2.24, 2.45) is 0 Å². The number of amides is 1. The van der Waals surface area contributed by atoms with E-state index < -0.39 is 0 Å². The minimum atomic E-state index is -0.165. The van der Waals surface area contributed by atoms with Crippen molar-refractivity contribution >= 4 is 5.91 Å². The first-order valence-corrected chi connectivity index (χ1v) is 6.33. The van der Waals surface area contributed by atoms with Gasteiger partial charge in [0, 0.05) is 24.8 Å². The monoisotopic (exact) mass is 251 g/mol. The van der Waals surface area contributed by atoms with Gasteiger partial charge < -0.3 is 5.32 Å². The molecule has 0 saturated carbocycles. The quantitative estimate of drug-likeness (QED) is 0.846. The second-order valence-electron chi connectivity index (χ2n) is 5.86. The van der Waals surface area contributed by atoms with Gasteiger partial charge in [0.25, 0.3) is 0 Å². The van der Waals surface area contributed by atoms with E-state index in [9.17, 15) is 4.79 Å². The summed E-state index contributed by atoms with van der Waals surface area (Å²) in [7, 11) is 0. The summed E-state index contributed by atoms with van der Waals surface area (Å²) in [5.41, 5.74) is -0.165. The number of nitrogens with zero attached hydrogens (tertiary/aromatic N) is 4. The molecule has 1 fully saturated rings. The van der Waals surface area contributed by atoms with Gasteiger partial charge in [0.15, 0.2) is 0 Å². The third-order valence-electron chi connectivity index (χ3n) is 2.94. The Balaban J connectivity index is 1.81. The highest BCUT2D eigenvalue weighted by Gasteiger charge is 2.26. The molecule has 0 aliphatic carbocycles. The van der Waals surface area contributed by atoms with Crippen molar-refractivity contribution in [2.75, 3.05) is 19.6 Å². The standard InChI is InChI=1S/C12H21N5O/c1-12(2,3)14-11(18)9-16-6-4-10(8-16)17-7-5-13-15-17/h5,7,10H,4,6,8-9H2,1-3H3,(H,14,18). The number of rotatable bonds is 3. The molecule has 6 heteroatoms. The van der Waals surface area contributed by atoms with Crippen LogP contribution in [-0.4, -0.2) is 51.0 Å². The first-order valence-electron chi connectivity index (χ1n) is 6.33. The second-order valence-corrected chi connectivity index (χ2v) is 5.86. The lowest BCUT2D eigenvalue weighted by Gasteiger charge is -2.23. The molecule has 6 nitrogen and oxygen atoms in total. The number of aromatic nitrogens is 3. The molecule has 2 heterocycles. The minimum absolute atomic E-state index is 0.0849. The van der Waals surface area contributed by atoms with Gasteiger partial charge in [-0.3, -0.25) is 9.69 Å². The summed E-state index contributed by atoms with van der Waals surface area (Å²) in [5, 5.41) is 10.8. The van der Waals surface area contributed by atoms with Crippen LogP contribution in [0.5, 0.6) is 0 Å². The first kappa shape index (κ1) is 13.0. The number of carbonyl (C=O) groups excluding carboxylic acids is 1. The molecule has 1 amide bonds. The van der Waals surface area contributed by atoms with E-state index >= 15 is 0 Å². The number of carbonyl (C=O) groups is 1. The Morgan fingerprint density at radius 2 is 2.28 bits per heavy atom. The van der Waals surface area contributed by atoms with E-state index in [2.05, 4.69) is 20.5 Å². The molecule has 1 N–H and O–H groups in total. The number of likely N-dealkylation sites (tertiary alicyclic amines) is 1. The van der Waals surface area contributed by atoms with Crippen LogP contribution in [0.4, 0.5) is 0 Å². The normalized spacial score (nSPS) is 21.2. The van der Waals surface area contributed by atoms with Crippen molar-refractivity contribution in [1.29, 1.82) is 0 Å². The Kier molecular flexibility index (Phi) is 3.65. The smallest absolute Gasteiger partial charge is 0.234 e. The van der Waals surface area contributed by atoms with Crippen molar-refractivity contribution in [3.8, 4) is 0 Å². The first-order chi connectivity index (χ1) is 8.44. The zero-order chi connectivity index (χ0) is 13.2. The van der Waals surface area contributed by atoms with Gasteiger partial charge in [-0.2, -0.15) is 0 Å². The van der Waals surface area contributed by atoms with Crippen LogP contribution < -0.4 is 5.32 Å². The third-order valence-corrected chi connectivity index (χ3v) is 2.94. The van der Waals surface area contributed by atoms with Gasteiger partial charge in [-0.15, -0.1) is 5.10 Å².